The predicted octanol–water partition coefficient (Wildman–Crippen LogP) is 4.83. The number of nitro benzene ring substituents is 1. The second-order valence-corrected chi connectivity index (χ2v) is 8.35. The van der Waals surface area contributed by atoms with Crippen LogP contribution in [0, 0.1) is 13.7 Å². The zero-order valence-corrected chi connectivity index (χ0v) is 19.1. The molecule has 0 radical (unpaired) electrons. The molecule has 0 bridgehead atoms. The van der Waals surface area contributed by atoms with E-state index in [-0.39, 0.29) is 25.2 Å². The number of phenolic OH excluding ortho intramolecular Hbond substituents is 1. The van der Waals surface area contributed by atoms with Gasteiger partial charge in [-0.05, 0) is 70.3 Å². The molecule has 13 heteroatoms. The Hall–Kier alpha value is -2.84. The third-order valence-corrected chi connectivity index (χ3v) is 5.68. The highest BCUT2D eigenvalue weighted by Crippen LogP contribution is 2.36. The summed E-state index contributed by atoms with van der Waals surface area (Å²) in [7, 11) is 1.46. The van der Waals surface area contributed by atoms with Gasteiger partial charge in [0.05, 0.1) is 21.2 Å². The topological polar surface area (TPSA) is 149 Å². The van der Waals surface area contributed by atoms with Gasteiger partial charge in [-0.2, -0.15) is 0 Å². The monoisotopic (exact) mass is 575 g/mol. The predicted molar refractivity (Wildman–Crippen MR) is 120 cm³/mol. The van der Waals surface area contributed by atoms with Crippen LogP contribution in [0.1, 0.15) is 5.56 Å². The molecule has 3 aromatic rings. The summed E-state index contributed by atoms with van der Waals surface area (Å²) in [5.41, 5.74) is 0.0926. The molecule has 0 fully saturated rings. The van der Waals surface area contributed by atoms with Gasteiger partial charge in [-0.15, -0.1) is 10.2 Å². The first kappa shape index (κ1) is 22.8. The number of aromatic hydroxyl groups is 1. The minimum Gasteiger partial charge on any atom is -0.501 e. The van der Waals surface area contributed by atoms with Crippen molar-refractivity contribution in [3.63, 3.8) is 0 Å². The molecule has 2 aromatic carbocycles. The Morgan fingerprint density at radius 3 is 2.74 bits per heavy atom. The molecule has 1 heterocycles. The molecule has 0 aliphatic heterocycles. The average Bonchev–Trinajstić information content (AvgIpc) is 3.18. The minimum absolute atomic E-state index is 0.0707. The molecule has 10 nitrogen and oxygen atoms in total. The highest BCUT2D eigenvalue weighted by atomic mass is 127. The number of carboxylic acids is 1. The van der Waals surface area contributed by atoms with Gasteiger partial charge < -0.3 is 19.4 Å². The number of benzene rings is 2. The Bertz CT molecular complexity index is 1210. The van der Waals surface area contributed by atoms with E-state index >= 15 is 0 Å². The third kappa shape index (κ3) is 5.26. The molecule has 31 heavy (non-hydrogen) atoms. The number of ether oxygens (including phenoxy) is 1. The van der Waals surface area contributed by atoms with Crippen molar-refractivity contribution in [3.05, 3.63) is 59.5 Å². The maximum atomic E-state index is 11.7. The van der Waals surface area contributed by atoms with Gasteiger partial charge in [-0.25, -0.2) is 4.79 Å². The fourth-order valence-corrected chi connectivity index (χ4v) is 3.90. The standard InChI is InChI=1S/C18H11ClIN3O7S/c1-29-13-3-2-9(19)7-10(13)16-21-22-18(30-16)31-14(17(25)26)6-8-4-11(20)15(24)12(5-8)23(27)28/h2-7,24H,1H3,(H,25,26)/b14-6-. The normalized spacial score (nSPS) is 11.4. The number of nitrogens with zero attached hydrogens (tertiary/aromatic N) is 3. The summed E-state index contributed by atoms with van der Waals surface area (Å²) in [6, 6.07) is 7.28. The number of aliphatic carboxylic acids is 1. The second-order valence-electron chi connectivity index (χ2n) is 5.76. The van der Waals surface area contributed by atoms with Crippen molar-refractivity contribution in [2.24, 2.45) is 0 Å². The molecule has 0 saturated carbocycles. The van der Waals surface area contributed by atoms with E-state index in [0.717, 1.165) is 6.07 Å². The summed E-state index contributed by atoms with van der Waals surface area (Å²) in [4.78, 5) is 21.8. The van der Waals surface area contributed by atoms with Crippen molar-refractivity contribution in [1.82, 2.24) is 10.2 Å². The maximum Gasteiger partial charge on any atom is 0.342 e. The van der Waals surface area contributed by atoms with Crippen LogP contribution in [-0.4, -0.2) is 38.4 Å². The zero-order chi connectivity index (χ0) is 22.7. The lowest BCUT2D eigenvalue weighted by Gasteiger charge is -2.05. The van der Waals surface area contributed by atoms with Crippen molar-refractivity contribution in [3.8, 4) is 23.0 Å². The van der Waals surface area contributed by atoms with Crippen molar-refractivity contribution >= 4 is 63.7 Å². The molecule has 0 saturated heterocycles. The number of halogens is 2. The average molecular weight is 576 g/mol. The van der Waals surface area contributed by atoms with E-state index in [0.29, 0.717) is 28.1 Å². The number of phenols is 1. The molecule has 0 unspecified atom stereocenters. The Morgan fingerprint density at radius 1 is 1.35 bits per heavy atom. The van der Waals surface area contributed by atoms with Gasteiger partial charge in [-0.3, -0.25) is 10.1 Å². The first-order valence-corrected chi connectivity index (χ1v) is 10.4. The number of hydrogen-bond donors (Lipinski definition) is 2. The molecule has 3 rings (SSSR count). The maximum absolute atomic E-state index is 11.7. The van der Waals surface area contributed by atoms with Crippen molar-refractivity contribution in [1.29, 1.82) is 0 Å². The molecule has 0 amide bonds. The fourth-order valence-electron chi connectivity index (χ4n) is 2.41. The molecule has 0 aliphatic rings. The smallest absolute Gasteiger partial charge is 0.342 e. The SMILES string of the molecule is COc1ccc(Cl)cc1-c1nnc(S/C(=C\c2cc(I)c(O)c([N+](=O)[O-])c2)C(=O)O)o1. The van der Waals surface area contributed by atoms with E-state index in [9.17, 15) is 25.1 Å². The number of thioether (sulfide) groups is 1. The first-order chi connectivity index (χ1) is 14.7. The Labute approximate surface area is 197 Å². The lowest BCUT2D eigenvalue weighted by Crippen LogP contribution is -1.97. The van der Waals surface area contributed by atoms with Crippen LogP contribution in [0.3, 0.4) is 0 Å². The van der Waals surface area contributed by atoms with Crippen LogP contribution >= 0.6 is 46.0 Å². The minimum atomic E-state index is -1.31. The van der Waals surface area contributed by atoms with Gasteiger partial charge in [0, 0.05) is 11.1 Å². The molecule has 2 N–H and O–H groups in total. The van der Waals surface area contributed by atoms with Crippen molar-refractivity contribution in [2.45, 2.75) is 5.22 Å². The highest BCUT2D eigenvalue weighted by molar-refractivity contribution is 14.1. The Kier molecular flexibility index (Phi) is 7.02. The van der Waals surface area contributed by atoms with Crippen LogP contribution in [-0.2, 0) is 4.79 Å². The Balaban J connectivity index is 1.95. The summed E-state index contributed by atoms with van der Waals surface area (Å²) >= 11 is 8.38. The van der Waals surface area contributed by atoms with Gasteiger partial charge in [0.15, 0.2) is 0 Å². The van der Waals surface area contributed by atoms with Gasteiger partial charge in [-0.1, -0.05) is 11.6 Å². The molecular formula is C18H11ClIN3O7S. The number of aromatic nitrogens is 2. The third-order valence-electron chi connectivity index (χ3n) is 3.77. The van der Waals surface area contributed by atoms with E-state index < -0.39 is 22.3 Å². The number of methoxy groups -OCH3 is 1. The fraction of sp³-hybridized carbons (Fsp3) is 0.0556. The van der Waals surface area contributed by atoms with Crippen molar-refractivity contribution < 1.29 is 29.1 Å². The number of nitro groups is 1. The molecule has 160 valence electrons. The molecule has 0 aliphatic carbocycles. The Morgan fingerprint density at radius 2 is 2.10 bits per heavy atom. The van der Waals surface area contributed by atoms with Crippen LogP contribution in [0.4, 0.5) is 5.69 Å². The first-order valence-electron chi connectivity index (χ1n) is 8.16. The van der Waals surface area contributed by atoms with E-state index in [1.807, 2.05) is 0 Å². The van der Waals surface area contributed by atoms with Crippen molar-refractivity contribution in [2.75, 3.05) is 7.11 Å². The van der Waals surface area contributed by atoms with E-state index in [2.05, 4.69) is 10.2 Å². The van der Waals surface area contributed by atoms with Gasteiger partial charge in [0.25, 0.3) is 11.1 Å². The summed E-state index contributed by atoms with van der Waals surface area (Å²) in [5.74, 6) is -1.30. The van der Waals surface area contributed by atoms with Crippen LogP contribution in [0.5, 0.6) is 11.5 Å². The summed E-state index contributed by atoms with van der Waals surface area (Å²) < 4.78 is 11.0. The van der Waals surface area contributed by atoms with E-state index in [1.165, 1.54) is 19.3 Å². The lowest BCUT2D eigenvalue weighted by molar-refractivity contribution is -0.386. The number of carboxylic acid groups (broad SMARTS) is 1. The summed E-state index contributed by atoms with van der Waals surface area (Å²) in [6.45, 7) is 0. The quantitative estimate of drug-likeness (QED) is 0.132. The number of hydrogen-bond acceptors (Lipinski definition) is 9. The van der Waals surface area contributed by atoms with E-state index in [1.54, 1.807) is 40.8 Å². The van der Waals surface area contributed by atoms with E-state index in [4.69, 9.17) is 20.8 Å². The van der Waals surface area contributed by atoms with Gasteiger partial charge >= 0.3 is 11.7 Å². The molecule has 0 atom stereocenters. The number of carbonyl (C=O) groups is 1. The van der Waals surface area contributed by atoms with Crippen LogP contribution in [0.15, 0.2) is 44.9 Å². The molecular weight excluding hydrogens is 565 g/mol. The van der Waals surface area contributed by atoms with Gasteiger partial charge in [0.2, 0.25) is 5.75 Å². The lowest BCUT2D eigenvalue weighted by atomic mass is 10.1. The molecule has 1 aromatic heterocycles. The van der Waals surface area contributed by atoms with Crippen LogP contribution < -0.4 is 4.74 Å². The van der Waals surface area contributed by atoms with Crippen LogP contribution in [0.2, 0.25) is 5.02 Å². The summed E-state index contributed by atoms with van der Waals surface area (Å²) in [5, 5.41) is 38.5. The largest absolute Gasteiger partial charge is 0.501 e. The van der Waals surface area contributed by atoms with Crippen LogP contribution in [0.25, 0.3) is 17.5 Å². The molecule has 0 spiro atoms. The second kappa shape index (κ2) is 9.53. The highest BCUT2D eigenvalue weighted by Gasteiger charge is 2.21. The van der Waals surface area contributed by atoms with Gasteiger partial charge in [0.1, 0.15) is 10.7 Å². The number of rotatable bonds is 7. The summed E-state index contributed by atoms with van der Waals surface area (Å²) in [6.07, 6.45) is 1.20. The zero-order valence-electron chi connectivity index (χ0n) is 15.4.